The lowest BCUT2D eigenvalue weighted by Crippen LogP contribution is -2.48. The first kappa shape index (κ1) is 12.4. The molecule has 4 heteroatoms. The van der Waals surface area contributed by atoms with Crippen molar-refractivity contribution < 1.29 is 9.53 Å². The fourth-order valence-corrected chi connectivity index (χ4v) is 2.92. The zero-order chi connectivity index (χ0) is 12.4. The minimum absolute atomic E-state index is 0.0916. The predicted octanol–water partition coefficient (Wildman–Crippen LogP) is 1.16. The van der Waals surface area contributed by atoms with Gasteiger partial charge in [0.15, 0.2) is 0 Å². The van der Waals surface area contributed by atoms with E-state index in [1.165, 1.54) is 12.8 Å². The van der Waals surface area contributed by atoms with Crippen LogP contribution in [0, 0.1) is 5.92 Å². The van der Waals surface area contributed by atoms with E-state index in [-0.39, 0.29) is 6.04 Å². The normalized spacial score (nSPS) is 29.8. The molecule has 1 atom stereocenters. The lowest BCUT2D eigenvalue weighted by Gasteiger charge is -2.33. The molecule has 0 radical (unpaired) electrons. The van der Waals surface area contributed by atoms with Crippen LogP contribution < -0.4 is 5.32 Å². The molecule has 0 aromatic heterocycles. The minimum Gasteiger partial charge on any atom is -0.378 e. The van der Waals surface area contributed by atoms with Gasteiger partial charge in [-0.25, -0.2) is 0 Å². The van der Waals surface area contributed by atoms with Crippen molar-refractivity contribution in [2.24, 2.45) is 5.92 Å². The molecule has 1 N–H and O–H groups in total. The predicted molar refractivity (Wildman–Crippen MR) is 69.3 cm³/mol. The monoisotopic (exact) mass is 252 g/mol. The Labute approximate surface area is 109 Å². The lowest BCUT2D eigenvalue weighted by molar-refractivity contribution is -0.135. The number of piperidine rings is 1. The average Bonchev–Trinajstić information content (AvgIpc) is 3.08. The molecule has 2 saturated heterocycles. The maximum Gasteiger partial charge on any atom is 0.239 e. The molecule has 1 saturated carbocycles. The van der Waals surface area contributed by atoms with Crippen LogP contribution >= 0.6 is 0 Å². The van der Waals surface area contributed by atoms with Gasteiger partial charge in [0.05, 0.1) is 12.1 Å². The van der Waals surface area contributed by atoms with Crippen molar-refractivity contribution in [3.63, 3.8) is 0 Å². The highest BCUT2D eigenvalue weighted by Crippen LogP contribution is 2.30. The number of amides is 1. The number of ether oxygens (including phenoxy) is 1. The van der Waals surface area contributed by atoms with Crippen LogP contribution in [0.25, 0.3) is 0 Å². The molecule has 4 nitrogen and oxygen atoms in total. The van der Waals surface area contributed by atoms with Crippen LogP contribution in [0.5, 0.6) is 0 Å². The van der Waals surface area contributed by atoms with Gasteiger partial charge < -0.3 is 15.0 Å². The van der Waals surface area contributed by atoms with Gasteiger partial charge in [0.25, 0.3) is 0 Å². The first-order chi connectivity index (χ1) is 8.83. The second-order valence-corrected chi connectivity index (χ2v) is 5.95. The highest BCUT2D eigenvalue weighted by molar-refractivity contribution is 5.82. The summed E-state index contributed by atoms with van der Waals surface area (Å²) in [6.45, 7) is 3.71. The summed E-state index contributed by atoms with van der Waals surface area (Å²) < 4.78 is 5.91. The molecular formula is C14H24N2O2. The fraction of sp³-hybridized carbons (Fsp3) is 0.929. The molecule has 2 heterocycles. The van der Waals surface area contributed by atoms with Crippen LogP contribution in [0.2, 0.25) is 0 Å². The third-order valence-corrected chi connectivity index (χ3v) is 4.38. The summed E-state index contributed by atoms with van der Waals surface area (Å²) in [7, 11) is 0. The molecule has 1 unspecified atom stereocenters. The molecule has 0 aromatic carbocycles. The smallest absolute Gasteiger partial charge is 0.239 e. The van der Waals surface area contributed by atoms with Gasteiger partial charge in [0.1, 0.15) is 0 Å². The molecule has 0 aromatic rings. The van der Waals surface area contributed by atoms with E-state index < -0.39 is 0 Å². The maximum atomic E-state index is 12.2. The summed E-state index contributed by atoms with van der Waals surface area (Å²) in [6.07, 6.45) is 7.28. The number of hydrogen-bond acceptors (Lipinski definition) is 3. The van der Waals surface area contributed by atoms with Gasteiger partial charge in [-0.05, 0) is 51.0 Å². The van der Waals surface area contributed by atoms with Crippen LogP contribution in [0.4, 0.5) is 0 Å². The van der Waals surface area contributed by atoms with Crippen molar-refractivity contribution in [1.82, 2.24) is 10.2 Å². The molecule has 18 heavy (non-hydrogen) atoms. The molecule has 0 spiro atoms. The Morgan fingerprint density at radius 1 is 1.17 bits per heavy atom. The van der Waals surface area contributed by atoms with Crippen molar-refractivity contribution in [1.29, 1.82) is 0 Å². The van der Waals surface area contributed by atoms with E-state index in [1.54, 1.807) is 0 Å². The van der Waals surface area contributed by atoms with Crippen molar-refractivity contribution in [3.8, 4) is 0 Å². The van der Waals surface area contributed by atoms with Gasteiger partial charge in [0, 0.05) is 19.7 Å². The van der Waals surface area contributed by atoms with Crippen LogP contribution in [0.1, 0.15) is 38.5 Å². The Morgan fingerprint density at radius 2 is 1.94 bits per heavy atom. The first-order valence-electron chi connectivity index (χ1n) is 7.46. The topological polar surface area (TPSA) is 41.6 Å². The van der Waals surface area contributed by atoms with Crippen molar-refractivity contribution in [2.75, 3.05) is 26.2 Å². The van der Waals surface area contributed by atoms with E-state index in [0.717, 1.165) is 57.8 Å². The quantitative estimate of drug-likeness (QED) is 0.816. The zero-order valence-electron chi connectivity index (χ0n) is 11.1. The molecule has 1 aliphatic carbocycles. The Morgan fingerprint density at radius 3 is 2.56 bits per heavy atom. The second kappa shape index (κ2) is 5.57. The summed E-state index contributed by atoms with van der Waals surface area (Å²) in [5.74, 6) is 1.15. The fourth-order valence-electron chi connectivity index (χ4n) is 2.92. The number of carbonyl (C=O) groups excluding carboxylic acids is 1. The second-order valence-electron chi connectivity index (χ2n) is 5.95. The Hall–Kier alpha value is -0.610. The van der Waals surface area contributed by atoms with Crippen molar-refractivity contribution >= 4 is 5.91 Å². The summed E-state index contributed by atoms with van der Waals surface area (Å²) in [5.41, 5.74) is 0. The van der Waals surface area contributed by atoms with Gasteiger partial charge in [-0.1, -0.05) is 0 Å². The SMILES string of the molecule is O=C(C1CCCN1)N1CCC(OCC2CC2)CC1. The number of rotatable bonds is 4. The van der Waals surface area contributed by atoms with Crippen LogP contribution in [0.3, 0.4) is 0 Å². The summed E-state index contributed by atoms with van der Waals surface area (Å²) in [4.78, 5) is 14.2. The Bertz CT molecular complexity index is 290. The third kappa shape index (κ3) is 3.04. The molecule has 2 aliphatic heterocycles. The molecular weight excluding hydrogens is 228 g/mol. The Balaban J connectivity index is 1.39. The van der Waals surface area contributed by atoms with Crippen LogP contribution in [-0.4, -0.2) is 49.2 Å². The Kier molecular flexibility index (Phi) is 3.85. The highest BCUT2D eigenvalue weighted by Gasteiger charge is 2.30. The average molecular weight is 252 g/mol. The first-order valence-corrected chi connectivity index (χ1v) is 7.46. The molecule has 3 fully saturated rings. The number of likely N-dealkylation sites (tertiary alicyclic amines) is 1. The number of hydrogen-bond donors (Lipinski definition) is 1. The summed E-state index contributed by atoms with van der Waals surface area (Å²) in [6, 6.07) is 0.0916. The van der Waals surface area contributed by atoms with E-state index >= 15 is 0 Å². The zero-order valence-corrected chi connectivity index (χ0v) is 11.1. The van der Waals surface area contributed by atoms with Crippen LogP contribution in [-0.2, 0) is 9.53 Å². The third-order valence-electron chi connectivity index (χ3n) is 4.38. The number of carbonyl (C=O) groups is 1. The molecule has 102 valence electrons. The lowest BCUT2D eigenvalue weighted by atomic mass is 10.1. The van der Waals surface area contributed by atoms with Crippen molar-refractivity contribution in [2.45, 2.75) is 50.7 Å². The number of nitrogens with one attached hydrogen (secondary N) is 1. The minimum atomic E-state index is 0.0916. The molecule has 3 aliphatic rings. The van der Waals surface area contributed by atoms with E-state index in [1.807, 2.05) is 4.90 Å². The standard InChI is InChI=1S/C14H24N2O2/c17-14(13-2-1-7-15-13)16-8-5-12(6-9-16)18-10-11-3-4-11/h11-13,15H,1-10H2. The van der Waals surface area contributed by atoms with Gasteiger partial charge >= 0.3 is 0 Å². The largest absolute Gasteiger partial charge is 0.378 e. The summed E-state index contributed by atoms with van der Waals surface area (Å²) >= 11 is 0. The molecule has 0 bridgehead atoms. The van der Waals surface area contributed by atoms with Crippen molar-refractivity contribution in [3.05, 3.63) is 0 Å². The highest BCUT2D eigenvalue weighted by atomic mass is 16.5. The summed E-state index contributed by atoms with van der Waals surface area (Å²) in [5, 5.41) is 3.29. The van der Waals surface area contributed by atoms with Gasteiger partial charge in [-0.2, -0.15) is 0 Å². The van der Waals surface area contributed by atoms with E-state index in [9.17, 15) is 4.79 Å². The molecule has 3 rings (SSSR count). The maximum absolute atomic E-state index is 12.2. The molecule has 1 amide bonds. The van der Waals surface area contributed by atoms with Gasteiger partial charge in [0.2, 0.25) is 5.91 Å². The van der Waals surface area contributed by atoms with Gasteiger partial charge in [-0.15, -0.1) is 0 Å². The van der Waals surface area contributed by atoms with E-state index in [2.05, 4.69) is 5.32 Å². The van der Waals surface area contributed by atoms with Gasteiger partial charge in [-0.3, -0.25) is 4.79 Å². The van der Waals surface area contributed by atoms with E-state index in [0.29, 0.717) is 12.0 Å². The van der Waals surface area contributed by atoms with E-state index in [4.69, 9.17) is 4.74 Å². The van der Waals surface area contributed by atoms with Crippen LogP contribution in [0.15, 0.2) is 0 Å². The number of nitrogens with zero attached hydrogens (tertiary/aromatic N) is 1.